The molecule has 0 saturated heterocycles. The van der Waals surface area contributed by atoms with Gasteiger partial charge in [-0.3, -0.25) is 0 Å². The maximum Gasteiger partial charge on any atom is 0.239 e. The molecule has 0 fully saturated rings. The molecule has 1 aromatic heterocycles. The van der Waals surface area contributed by atoms with Crippen LogP contribution in [0.15, 0.2) is 30.3 Å². The third kappa shape index (κ3) is 1.74. The van der Waals surface area contributed by atoms with Gasteiger partial charge in [0.15, 0.2) is 0 Å². The molecule has 0 saturated carbocycles. The molecule has 2 rings (SSSR count). The van der Waals surface area contributed by atoms with Crippen LogP contribution in [0.4, 0.5) is 5.95 Å². The van der Waals surface area contributed by atoms with Crippen molar-refractivity contribution in [2.45, 2.75) is 13.5 Å². The first kappa shape index (κ1) is 8.74. The first-order valence-electron chi connectivity index (χ1n) is 4.46. The van der Waals surface area contributed by atoms with E-state index in [4.69, 9.17) is 5.73 Å². The molecule has 72 valence electrons. The van der Waals surface area contributed by atoms with E-state index in [-0.39, 0.29) is 0 Å². The lowest BCUT2D eigenvalue weighted by molar-refractivity contribution is 0.662. The number of hydrogen-bond donors (Lipinski definition) is 1. The molecular formula is C10H12N4. The maximum absolute atomic E-state index is 5.49. The molecule has 0 aliphatic rings. The van der Waals surface area contributed by atoms with Gasteiger partial charge >= 0.3 is 0 Å². The van der Waals surface area contributed by atoms with E-state index in [0.29, 0.717) is 5.95 Å². The molecular weight excluding hydrogens is 176 g/mol. The van der Waals surface area contributed by atoms with Crippen molar-refractivity contribution in [2.24, 2.45) is 0 Å². The second-order valence-corrected chi connectivity index (χ2v) is 3.16. The van der Waals surface area contributed by atoms with Crippen LogP contribution in [-0.2, 0) is 6.54 Å². The zero-order chi connectivity index (χ0) is 9.97. The summed E-state index contributed by atoms with van der Waals surface area (Å²) >= 11 is 0. The van der Waals surface area contributed by atoms with Gasteiger partial charge in [0.05, 0.1) is 6.54 Å². The largest absolute Gasteiger partial charge is 0.366 e. The van der Waals surface area contributed by atoms with Gasteiger partial charge < -0.3 is 5.73 Å². The highest BCUT2D eigenvalue weighted by Gasteiger charge is 2.02. The Bertz CT molecular complexity index is 419. The summed E-state index contributed by atoms with van der Waals surface area (Å²) in [5.41, 5.74) is 6.68. The molecule has 1 heterocycles. The van der Waals surface area contributed by atoms with Crippen molar-refractivity contribution in [1.29, 1.82) is 0 Å². The van der Waals surface area contributed by atoms with Gasteiger partial charge in [-0.2, -0.15) is 4.98 Å². The predicted octanol–water partition coefficient (Wildman–Crippen LogP) is 1.22. The highest BCUT2D eigenvalue weighted by molar-refractivity contribution is 5.17. The Morgan fingerprint density at radius 2 is 2.00 bits per heavy atom. The minimum absolute atomic E-state index is 0.332. The summed E-state index contributed by atoms with van der Waals surface area (Å²) in [5, 5.41) is 4.09. The number of hydrogen-bond acceptors (Lipinski definition) is 3. The molecule has 2 N–H and O–H groups in total. The zero-order valence-corrected chi connectivity index (χ0v) is 8.01. The molecule has 0 spiro atoms. The molecule has 4 nitrogen and oxygen atoms in total. The van der Waals surface area contributed by atoms with Gasteiger partial charge in [0, 0.05) is 0 Å². The summed E-state index contributed by atoms with van der Waals surface area (Å²) in [7, 11) is 0. The highest BCUT2D eigenvalue weighted by atomic mass is 15.4. The minimum Gasteiger partial charge on any atom is -0.366 e. The third-order valence-electron chi connectivity index (χ3n) is 2.05. The number of nitrogen functional groups attached to an aromatic ring is 1. The lowest BCUT2D eigenvalue weighted by Crippen LogP contribution is -2.04. The summed E-state index contributed by atoms with van der Waals surface area (Å²) < 4.78 is 1.80. The number of benzene rings is 1. The van der Waals surface area contributed by atoms with E-state index in [1.807, 2.05) is 25.1 Å². The minimum atomic E-state index is 0.332. The van der Waals surface area contributed by atoms with Crippen LogP contribution in [0.5, 0.6) is 0 Å². The Morgan fingerprint density at radius 1 is 1.29 bits per heavy atom. The second kappa shape index (κ2) is 3.49. The standard InChI is InChI=1S/C10H12N4/c1-8-12-10(11)13-14(8)7-9-5-3-2-4-6-9/h2-6H,7H2,1H3,(H2,11,13). The van der Waals surface area contributed by atoms with Crippen molar-refractivity contribution in [2.75, 3.05) is 5.73 Å². The molecule has 14 heavy (non-hydrogen) atoms. The van der Waals surface area contributed by atoms with Crippen molar-refractivity contribution in [3.63, 3.8) is 0 Å². The predicted molar refractivity (Wildman–Crippen MR) is 54.7 cm³/mol. The first-order chi connectivity index (χ1) is 6.75. The van der Waals surface area contributed by atoms with Gasteiger partial charge in [-0.1, -0.05) is 30.3 Å². The SMILES string of the molecule is Cc1nc(N)nn1Cc1ccccc1. The van der Waals surface area contributed by atoms with Gasteiger partial charge in [-0.15, -0.1) is 5.10 Å². The zero-order valence-electron chi connectivity index (χ0n) is 8.01. The maximum atomic E-state index is 5.49. The molecule has 0 radical (unpaired) electrons. The highest BCUT2D eigenvalue weighted by Crippen LogP contribution is 2.04. The average molecular weight is 188 g/mol. The van der Waals surface area contributed by atoms with E-state index < -0.39 is 0 Å². The van der Waals surface area contributed by atoms with Crippen molar-refractivity contribution < 1.29 is 0 Å². The van der Waals surface area contributed by atoms with Crippen molar-refractivity contribution in [3.8, 4) is 0 Å². The van der Waals surface area contributed by atoms with Crippen molar-refractivity contribution >= 4 is 5.95 Å². The Morgan fingerprint density at radius 3 is 2.57 bits per heavy atom. The van der Waals surface area contributed by atoms with E-state index in [2.05, 4.69) is 22.2 Å². The van der Waals surface area contributed by atoms with Crippen LogP contribution in [0.1, 0.15) is 11.4 Å². The van der Waals surface area contributed by atoms with E-state index in [1.54, 1.807) is 4.68 Å². The van der Waals surface area contributed by atoms with Crippen LogP contribution < -0.4 is 5.73 Å². The monoisotopic (exact) mass is 188 g/mol. The molecule has 1 aromatic carbocycles. The Hall–Kier alpha value is -1.84. The lowest BCUT2D eigenvalue weighted by Gasteiger charge is -2.01. The summed E-state index contributed by atoms with van der Waals surface area (Å²) in [6.07, 6.45) is 0. The number of nitrogens with two attached hydrogens (primary N) is 1. The van der Waals surface area contributed by atoms with Gasteiger partial charge in [0.1, 0.15) is 5.82 Å². The van der Waals surface area contributed by atoms with Crippen LogP contribution in [0.2, 0.25) is 0 Å². The van der Waals surface area contributed by atoms with Crippen molar-refractivity contribution in [1.82, 2.24) is 14.8 Å². The van der Waals surface area contributed by atoms with E-state index >= 15 is 0 Å². The molecule has 0 unspecified atom stereocenters. The van der Waals surface area contributed by atoms with Gasteiger partial charge in [0.25, 0.3) is 0 Å². The number of rotatable bonds is 2. The Balaban J connectivity index is 2.23. The first-order valence-corrected chi connectivity index (χ1v) is 4.46. The lowest BCUT2D eigenvalue weighted by atomic mass is 10.2. The van der Waals surface area contributed by atoms with Crippen LogP contribution in [0.3, 0.4) is 0 Å². The van der Waals surface area contributed by atoms with Crippen LogP contribution in [-0.4, -0.2) is 14.8 Å². The van der Waals surface area contributed by atoms with E-state index in [0.717, 1.165) is 12.4 Å². The fraction of sp³-hybridized carbons (Fsp3) is 0.200. The molecule has 0 bridgehead atoms. The van der Waals surface area contributed by atoms with Gasteiger partial charge in [-0.05, 0) is 12.5 Å². The van der Waals surface area contributed by atoms with Crippen LogP contribution in [0, 0.1) is 6.92 Å². The number of nitrogens with zero attached hydrogens (tertiary/aromatic N) is 3. The smallest absolute Gasteiger partial charge is 0.239 e. The fourth-order valence-corrected chi connectivity index (χ4v) is 1.35. The summed E-state index contributed by atoms with van der Waals surface area (Å²) in [6, 6.07) is 10.1. The fourth-order valence-electron chi connectivity index (χ4n) is 1.35. The molecule has 0 aliphatic heterocycles. The Labute approximate surface area is 82.4 Å². The quantitative estimate of drug-likeness (QED) is 0.770. The van der Waals surface area contributed by atoms with E-state index in [1.165, 1.54) is 5.56 Å². The van der Waals surface area contributed by atoms with Crippen LogP contribution in [0.25, 0.3) is 0 Å². The van der Waals surface area contributed by atoms with Gasteiger partial charge in [0.2, 0.25) is 5.95 Å². The van der Waals surface area contributed by atoms with Crippen LogP contribution >= 0.6 is 0 Å². The number of aromatic nitrogens is 3. The third-order valence-corrected chi connectivity index (χ3v) is 2.05. The van der Waals surface area contributed by atoms with E-state index in [9.17, 15) is 0 Å². The molecule has 2 aromatic rings. The van der Waals surface area contributed by atoms with Gasteiger partial charge in [-0.25, -0.2) is 4.68 Å². The Kier molecular flexibility index (Phi) is 2.18. The number of anilines is 1. The van der Waals surface area contributed by atoms with Crippen molar-refractivity contribution in [3.05, 3.63) is 41.7 Å². The molecule has 0 atom stereocenters. The summed E-state index contributed by atoms with van der Waals surface area (Å²) in [6.45, 7) is 2.61. The average Bonchev–Trinajstić information content (AvgIpc) is 2.47. The number of aryl methyl sites for hydroxylation is 1. The summed E-state index contributed by atoms with van der Waals surface area (Å²) in [4.78, 5) is 4.04. The molecule has 4 heteroatoms. The second-order valence-electron chi connectivity index (χ2n) is 3.16. The normalized spacial score (nSPS) is 10.4. The molecule has 0 aliphatic carbocycles. The molecule has 0 amide bonds. The summed E-state index contributed by atoms with van der Waals surface area (Å²) in [5.74, 6) is 1.17. The topological polar surface area (TPSA) is 56.7 Å².